The Morgan fingerprint density at radius 2 is 1.83 bits per heavy atom. The summed E-state index contributed by atoms with van der Waals surface area (Å²) in [5.41, 5.74) is 0.936. The van der Waals surface area contributed by atoms with Crippen LogP contribution in [0.5, 0.6) is 0 Å². The van der Waals surface area contributed by atoms with Crippen molar-refractivity contribution in [3.05, 3.63) is 57.1 Å². The Morgan fingerprint density at radius 1 is 1.04 bits per heavy atom. The van der Waals surface area contributed by atoms with Crippen molar-refractivity contribution in [3.8, 4) is 0 Å². The van der Waals surface area contributed by atoms with Gasteiger partial charge in [0.2, 0.25) is 0 Å². The number of thiophene rings is 1. The summed E-state index contributed by atoms with van der Waals surface area (Å²) in [7, 11) is 0. The fraction of sp³-hybridized carbons (Fsp3) is 0.250. The highest BCUT2D eigenvalue weighted by atomic mass is 35.5. The summed E-state index contributed by atoms with van der Waals surface area (Å²) in [6.45, 7) is 2.95. The van der Waals surface area contributed by atoms with Crippen LogP contribution in [0.1, 0.15) is 18.3 Å². The molecular weight excluding hydrogens is 401 g/mol. The van der Waals surface area contributed by atoms with E-state index in [0.29, 0.717) is 15.8 Å². The van der Waals surface area contributed by atoms with Crippen molar-refractivity contribution in [2.45, 2.75) is 34.3 Å². The van der Waals surface area contributed by atoms with Crippen molar-refractivity contribution in [3.63, 3.8) is 0 Å². The molecule has 0 amide bonds. The highest BCUT2D eigenvalue weighted by Gasteiger charge is 2.14. The third-order valence-corrected chi connectivity index (χ3v) is 7.18. The van der Waals surface area contributed by atoms with Crippen LogP contribution < -0.4 is 0 Å². The highest BCUT2D eigenvalue weighted by molar-refractivity contribution is 8.00. The maximum absolute atomic E-state index is 6.24. The number of thioether (sulfide) groups is 2. The second-order valence-electron chi connectivity index (χ2n) is 4.85. The van der Waals surface area contributed by atoms with Crippen molar-refractivity contribution in [1.29, 1.82) is 0 Å². The van der Waals surface area contributed by atoms with E-state index in [2.05, 4.69) is 39.2 Å². The molecule has 0 aliphatic rings. The van der Waals surface area contributed by atoms with Crippen LogP contribution in [0.2, 0.25) is 10.0 Å². The molecule has 0 saturated heterocycles. The van der Waals surface area contributed by atoms with E-state index in [1.807, 2.05) is 18.2 Å². The quantitative estimate of drug-likeness (QED) is 0.426. The third kappa shape index (κ3) is 4.29. The molecule has 8 heteroatoms. The Kier molecular flexibility index (Phi) is 6.52. The fourth-order valence-electron chi connectivity index (χ4n) is 2.14. The first-order valence-corrected chi connectivity index (χ1v) is 10.9. The van der Waals surface area contributed by atoms with Gasteiger partial charge in [0.05, 0.1) is 9.96 Å². The molecule has 3 rings (SSSR count). The molecule has 2 heterocycles. The van der Waals surface area contributed by atoms with Gasteiger partial charge in [0.1, 0.15) is 5.82 Å². The van der Waals surface area contributed by atoms with Crippen molar-refractivity contribution in [1.82, 2.24) is 14.8 Å². The first kappa shape index (κ1) is 18.1. The van der Waals surface area contributed by atoms with Gasteiger partial charge in [-0.1, -0.05) is 47.1 Å². The van der Waals surface area contributed by atoms with E-state index in [-0.39, 0.29) is 0 Å². The van der Waals surface area contributed by atoms with Gasteiger partial charge in [-0.3, -0.25) is 0 Å². The predicted molar refractivity (Wildman–Crippen MR) is 106 cm³/mol. The number of benzene rings is 1. The first-order valence-electron chi connectivity index (χ1n) is 7.33. The average Bonchev–Trinajstić information content (AvgIpc) is 3.21. The molecule has 0 atom stereocenters. The number of halogens is 2. The molecule has 0 aliphatic carbocycles. The van der Waals surface area contributed by atoms with Crippen LogP contribution in [0.25, 0.3) is 0 Å². The molecule has 0 fully saturated rings. The van der Waals surface area contributed by atoms with Crippen molar-refractivity contribution in [2.75, 3.05) is 0 Å². The van der Waals surface area contributed by atoms with Crippen LogP contribution in [0.4, 0.5) is 0 Å². The summed E-state index contributed by atoms with van der Waals surface area (Å²) >= 11 is 17.6. The Hall–Kier alpha value is -0.660. The molecule has 0 radical (unpaired) electrons. The van der Waals surface area contributed by atoms with Crippen LogP contribution in [-0.4, -0.2) is 14.8 Å². The van der Waals surface area contributed by atoms with Crippen LogP contribution in [-0.2, 0) is 18.1 Å². The summed E-state index contributed by atoms with van der Waals surface area (Å²) in [6.07, 6.45) is 0. The highest BCUT2D eigenvalue weighted by Crippen LogP contribution is 2.32. The molecule has 24 heavy (non-hydrogen) atoms. The smallest absolute Gasteiger partial charge is 0.191 e. The van der Waals surface area contributed by atoms with Crippen LogP contribution in [0, 0.1) is 0 Å². The van der Waals surface area contributed by atoms with Gasteiger partial charge in [-0.15, -0.1) is 33.3 Å². The predicted octanol–water partition coefficient (Wildman–Crippen LogP) is 6.25. The average molecular weight is 416 g/mol. The van der Waals surface area contributed by atoms with Crippen LogP contribution in [0.3, 0.4) is 0 Å². The Bertz CT molecular complexity index is 783. The largest absolute Gasteiger partial charge is 0.306 e. The molecule has 0 bridgehead atoms. The van der Waals surface area contributed by atoms with Crippen molar-refractivity contribution < 1.29 is 0 Å². The van der Waals surface area contributed by atoms with Crippen molar-refractivity contribution in [2.24, 2.45) is 0 Å². The third-order valence-electron chi connectivity index (χ3n) is 3.36. The maximum Gasteiger partial charge on any atom is 0.191 e. The summed E-state index contributed by atoms with van der Waals surface area (Å²) in [5.74, 6) is 2.48. The fourth-order valence-corrected chi connectivity index (χ4v) is 5.63. The minimum Gasteiger partial charge on any atom is -0.306 e. The second kappa shape index (κ2) is 8.63. The zero-order valence-electron chi connectivity index (χ0n) is 12.9. The number of hydrogen-bond acceptors (Lipinski definition) is 5. The van der Waals surface area contributed by atoms with E-state index in [9.17, 15) is 0 Å². The van der Waals surface area contributed by atoms with E-state index < -0.39 is 0 Å². The molecule has 3 nitrogen and oxygen atoms in total. The lowest BCUT2D eigenvalue weighted by molar-refractivity contribution is 0.659. The lowest BCUT2D eigenvalue weighted by Crippen LogP contribution is -2.02. The number of aromatic nitrogens is 3. The molecule has 0 N–H and O–H groups in total. The zero-order chi connectivity index (χ0) is 16.9. The van der Waals surface area contributed by atoms with Gasteiger partial charge in [0.25, 0.3) is 0 Å². The summed E-state index contributed by atoms with van der Waals surface area (Å²) in [6, 6.07) is 9.75. The molecule has 0 spiro atoms. The SMILES string of the molecule is CCn1c(CSc2cccs2)nnc1SCc1c(Cl)cccc1Cl. The zero-order valence-corrected chi connectivity index (χ0v) is 16.9. The molecule has 2 aromatic heterocycles. The van der Waals surface area contributed by atoms with E-state index in [1.54, 1.807) is 34.9 Å². The molecular formula is C16H15Cl2N3S3. The number of hydrogen-bond donors (Lipinski definition) is 0. The van der Waals surface area contributed by atoms with Gasteiger partial charge < -0.3 is 4.57 Å². The van der Waals surface area contributed by atoms with Crippen LogP contribution in [0.15, 0.2) is 45.1 Å². The molecule has 0 unspecified atom stereocenters. The lowest BCUT2D eigenvalue weighted by atomic mass is 10.2. The molecule has 0 saturated carbocycles. The Morgan fingerprint density at radius 3 is 2.50 bits per heavy atom. The standard InChI is InChI=1S/C16H15Cl2N3S3/c1-2-21-14(10-23-15-7-4-8-22-15)19-20-16(21)24-9-11-12(17)5-3-6-13(11)18/h3-8H,2,9-10H2,1H3. The van der Waals surface area contributed by atoms with E-state index in [0.717, 1.165) is 28.8 Å². The minimum absolute atomic E-state index is 0.675. The van der Waals surface area contributed by atoms with Gasteiger partial charge in [-0.05, 0) is 36.1 Å². The number of rotatable bonds is 7. The summed E-state index contributed by atoms with van der Waals surface area (Å²) in [4.78, 5) is 0. The minimum atomic E-state index is 0.675. The Balaban J connectivity index is 1.70. The lowest BCUT2D eigenvalue weighted by Gasteiger charge is -2.08. The number of nitrogens with zero attached hydrogens (tertiary/aromatic N) is 3. The van der Waals surface area contributed by atoms with Crippen LogP contribution >= 0.6 is 58.1 Å². The molecule has 0 aliphatic heterocycles. The van der Waals surface area contributed by atoms with Gasteiger partial charge in [0.15, 0.2) is 5.16 Å². The van der Waals surface area contributed by atoms with E-state index in [1.165, 1.54) is 4.21 Å². The summed E-state index contributed by atoms with van der Waals surface area (Å²) < 4.78 is 3.44. The second-order valence-corrected chi connectivity index (χ2v) is 8.83. The normalized spacial score (nSPS) is 11.1. The van der Waals surface area contributed by atoms with Gasteiger partial charge in [-0.2, -0.15) is 0 Å². The van der Waals surface area contributed by atoms with E-state index >= 15 is 0 Å². The Labute approximate surface area is 163 Å². The first-order chi connectivity index (χ1) is 11.7. The van der Waals surface area contributed by atoms with E-state index in [4.69, 9.17) is 23.2 Å². The maximum atomic E-state index is 6.24. The van der Waals surface area contributed by atoms with Gasteiger partial charge >= 0.3 is 0 Å². The molecule has 3 aromatic rings. The van der Waals surface area contributed by atoms with Gasteiger partial charge in [0, 0.05) is 22.3 Å². The van der Waals surface area contributed by atoms with Gasteiger partial charge in [-0.25, -0.2) is 0 Å². The topological polar surface area (TPSA) is 30.7 Å². The summed E-state index contributed by atoms with van der Waals surface area (Å²) in [5, 5.41) is 13.1. The monoisotopic (exact) mass is 415 g/mol. The molecule has 126 valence electrons. The van der Waals surface area contributed by atoms with Crippen molar-refractivity contribution >= 4 is 58.1 Å². The molecule has 1 aromatic carbocycles.